The fraction of sp³-hybridized carbons (Fsp3) is 0.300. The first-order chi connectivity index (χ1) is 7.64. The third-order valence-corrected chi connectivity index (χ3v) is 2.18. The van der Waals surface area contributed by atoms with E-state index >= 15 is 0 Å². The molecule has 0 aliphatic carbocycles. The van der Waals surface area contributed by atoms with Crippen LogP contribution in [0.3, 0.4) is 0 Å². The second-order valence-corrected chi connectivity index (χ2v) is 4.02. The van der Waals surface area contributed by atoms with Crippen molar-refractivity contribution in [2.75, 3.05) is 0 Å². The number of halogens is 3. The van der Waals surface area contributed by atoms with Gasteiger partial charge in [0.15, 0.2) is 0 Å². The molecule has 1 aromatic rings. The summed E-state index contributed by atoms with van der Waals surface area (Å²) >= 11 is 7.09. The van der Waals surface area contributed by atoms with Gasteiger partial charge in [-0.3, -0.25) is 4.79 Å². The Bertz CT molecular complexity index is 378. The van der Waals surface area contributed by atoms with Crippen LogP contribution in [0.2, 0.25) is 0 Å². The average Bonchev–Trinajstić information content (AvgIpc) is 2.17. The minimum Gasteiger partial charge on any atom is -0.385 e. The van der Waals surface area contributed by atoms with E-state index in [2.05, 4.69) is 25.3 Å². The molecule has 0 heterocycles. The molecular formula is C10H11F3O2S2. The normalized spacial score (nSPS) is 12.4. The first kappa shape index (κ1) is 16.3. The van der Waals surface area contributed by atoms with E-state index in [1.807, 2.05) is 0 Å². The SMILES string of the molecule is CC(O)C(=O)S.FC(F)(F)c1cccc(S)c1. The number of hydrogen-bond acceptors (Lipinski definition) is 3. The number of rotatable bonds is 1. The Morgan fingerprint density at radius 1 is 1.41 bits per heavy atom. The number of carbonyl (C=O) groups is 1. The predicted octanol–water partition coefficient (Wildman–Crippen LogP) is 2.82. The van der Waals surface area contributed by atoms with Crippen molar-refractivity contribution in [2.45, 2.75) is 24.1 Å². The Morgan fingerprint density at radius 2 is 1.88 bits per heavy atom. The first-order valence-corrected chi connectivity index (χ1v) is 5.31. The van der Waals surface area contributed by atoms with Gasteiger partial charge in [0.25, 0.3) is 0 Å². The molecule has 0 aliphatic rings. The van der Waals surface area contributed by atoms with E-state index in [0.717, 1.165) is 12.1 Å². The van der Waals surface area contributed by atoms with E-state index in [1.54, 1.807) is 0 Å². The van der Waals surface area contributed by atoms with Gasteiger partial charge in [-0.05, 0) is 25.1 Å². The highest BCUT2D eigenvalue weighted by Crippen LogP contribution is 2.29. The van der Waals surface area contributed by atoms with Crippen molar-refractivity contribution in [1.82, 2.24) is 0 Å². The van der Waals surface area contributed by atoms with E-state index in [0.29, 0.717) is 4.90 Å². The van der Waals surface area contributed by atoms with Crippen molar-refractivity contribution >= 4 is 30.4 Å². The molecule has 7 heteroatoms. The molecule has 0 aromatic heterocycles. The quantitative estimate of drug-likeness (QED) is 0.694. The smallest absolute Gasteiger partial charge is 0.385 e. The maximum atomic E-state index is 11.9. The van der Waals surface area contributed by atoms with E-state index < -0.39 is 23.0 Å². The highest BCUT2D eigenvalue weighted by molar-refractivity contribution is 7.96. The number of hydrogen-bond donors (Lipinski definition) is 3. The van der Waals surface area contributed by atoms with Crippen molar-refractivity contribution in [3.8, 4) is 0 Å². The van der Waals surface area contributed by atoms with Crippen LogP contribution in [-0.4, -0.2) is 16.3 Å². The summed E-state index contributed by atoms with van der Waals surface area (Å²) in [5.41, 5.74) is -0.662. The van der Waals surface area contributed by atoms with Crippen LogP contribution in [-0.2, 0) is 11.0 Å². The lowest BCUT2D eigenvalue weighted by molar-refractivity contribution is -0.137. The van der Waals surface area contributed by atoms with Gasteiger partial charge in [-0.15, -0.1) is 25.3 Å². The second-order valence-electron chi connectivity index (χ2n) is 3.06. The number of carbonyl (C=O) groups excluding carboxylic acids is 1. The molecule has 1 unspecified atom stereocenters. The maximum Gasteiger partial charge on any atom is 0.416 e. The summed E-state index contributed by atoms with van der Waals surface area (Å²) in [7, 11) is 0. The molecule has 0 fully saturated rings. The summed E-state index contributed by atoms with van der Waals surface area (Å²) < 4.78 is 35.8. The van der Waals surface area contributed by atoms with Gasteiger partial charge in [0.05, 0.1) is 5.56 Å². The molecule has 1 atom stereocenters. The predicted molar refractivity (Wildman–Crippen MR) is 64.4 cm³/mol. The highest BCUT2D eigenvalue weighted by atomic mass is 32.1. The molecule has 17 heavy (non-hydrogen) atoms. The summed E-state index contributed by atoms with van der Waals surface area (Å²) in [6.07, 6.45) is -5.19. The van der Waals surface area contributed by atoms with Gasteiger partial charge in [-0.25, -0.2) is 0 Å². The zero-order chi connectivity index (χ0) is 13.6. The van der Waals surface area contributed by atoms with Crippen molar-refractivity contribution in [2.24, 2.45) is 0 Å². The Balaban J connectivity index is 0.000000366. The van der Waals surface area contributed by atoms with E-state index in [-0.39, 0.29) is 0 Å². The highest BCUT2D eigenvalue weighted by Gasteiger charge is 2.29. The fourth-order valence-electron chi connectivity index (χ4n) is 0.682. The standard InChI is InChI=1S/C7H5F3S.C3H6O2S/c8-7(9,10)5-2-1-3-6(11)4-5;1-2(4)3(5)6/h1-4,11H;2,4H,1H3,(H,5,6). The van der Waals surface area contributed by atoms with Gasteiger partial charge in [-0.1, -0.05) is 6.07 Å². The molecule has 1 rings (SSSR count). The Labute approximate surface area is 108 Å². The fourth-order valence-corrected chi connectivity index (χ4v) is 0.907. The van der Waals surface area contributed by atoms with Crippen LogP contribution in [0.4, 0.5) is 13.2 Å². The van der Waals surface area contributed by atoms with Gasteiger partial charge in [0.1, 0.15) is 6.10 Å². The molecule has 0 spiro atoms. The van der Waals surface area contributed by atoms with E-state index in [9.17, 15) is 18.0 Å². The van der Waals surface area contributed by atoms with Gasteiger partial charge in [0.2, 0.25) is 5.12 Å². The van der Waals surface area contributed by atoms with Crippen LogP contribution >= 0.6 is 25.3 Å². The lowest BCUT2D eigenvalue weighted by Crippen LogP contribution is -2.07. The Morgan fingerprint density at radius 3 is 2.12 bits per heavy atom. The molecule has 96 valence electrons. The second kappa shape index (κ2) is 6.93. The molecule has 0 amide bonds. The van der Waals surface area contributed by atoms with E-state index in [1.165, 1.54) is 19.1 Å². The Kier molecular flexibility index (Phi) is 6.66. The van der Waals surface area contributed by atoms with Crippen molar-refractivity contribution in [3.63, 3.8) is 0 Å². The van der Waals surface area contributed by atoms with Crippen molar-refractivity contribution in [3.05, 3.63) is 29.8 Å². The van der Waals surface area contributed by atoms with Crippen LogP contribution in [0.15, 0.2) is 29.2 Å². The summed E-state index contributed by atoms with van der Waals surface area (Å²) in [5.74, 6) is 0. The average molecular weight is 284 g/mol. The molecule has 0 saturated heterocycles. The van der Waals surface area contributed by atoms with Gasteiger partial charge >= 0.3 is 6.18 Å². The van der Waals surface area contributed by atoms with Crippen LogP contribution in [0.25, 0.3) is 0 Å². The molecule has 0 bridgehead atoms. The number of alkyl halides is 3. The summed E-state index contributed by atoms with van der Waals surface area (Å²) in [6, 6.07) is 4.83. The minimum atomic E-state index is -4.27. The molecule has 0 saturated carbocycles. The number of aliphatic hydroxyl groups excluding tert-OH is 1. The first-order valence-electron chi connectivity index (χ1n) is 4.41. The summed E-state index contributed by atoms with van der Waals surface area (Å²) in [6.45, 7) is 1.37. The third kappa shape index (κ3) is 7.30. The minimum absolute atomic E-state index is 0.319. The third-order valence-electron chi connectivity index (χ3n) is 1.53. The van der Waals surface area contributed by atoms with Crippen LogP contribution in [0.5, 0.6) is 0 Å². The lowest BCUT2D eigenvalue weighted by atomic mass is 10.2. The largest absolute Gasteiger partial charge is 0.416 e. The number of thiol groups is 2. The zero-order valence-corrected chi connectivity index (χ0v) is 10.6. The zero-order valence-electron chi connectivity index (χ0n) is 8.77. The summed E-state index contributed by atoms with van der Waals surface area (Å²) in [4.78, 5) is 10.1. The molecule has 1 aromatic carbocycles. The summed E-state index contributed by atoms with van der Waals surface area (Å²) in [5, 5.41) is 7.71. The number of benzene rings is 1. The van der Waals surface area contributed by atoms with Crippen LogP contribution < -0.4 is 0 Å². The lowest BCUT2D eigenvalue weighted by Gasteiger charge is -2.05. The molecule has 2 nitrogen and oxygen atoms in total. The molecular weight excluding hydrogens is 273 g/mol. The van der Waals surface area contributed by atoms with Gasteiger partial charge in [-0.2, -0.15) is 13.2 Å². The number of aliphatic hydroxyl groups is 1. The van der Waals surface area contributed by atoms with Gasteiger partial charge < -0.3 is 5.11 Å². The maximum absolute atomic E-state index is 11.9. The monoisotopic (exact) mass is 284 g/mol. The van der Waals surface area contributed by atoms with Gasteiger partial charge in [0, 0.05) is 4.90 Å². The Hall–Kier alpha value is -0.660. The van der Waals surface area contributed by atoms with Crippen LogP contribution in [0, 0.1) is 0 Å². The van der Waals surface area contributed by atoms with E-state index in [4.69, 9.17) is 5.11 Å². The van der Waals surface area contributed by atoms with Crippen molar-refractivity contribution < 1.29 is 23.1 Å². The van der Waals surface area contributed by atoms with Crippen LogP contribution in [0.1, 0.15) is 12.5 Å². The van der Waals surface area contributed by atoms with Crippen molar-refractivity contribution in [1.29, 1.82) is 0 Å². The molecule has 0 aliphatic heterocycles. The molecule has 0 radical (unpaired) electrons. The molecule has 1 N–H and O–H groups in total. The topological polar surface area (TPSA) is 37.3 Å².